The average Bonchev–Trinajstić information content (AvgIpc) is 3.23. The second-order valence-corrected chi connectivity index (χ2v) is 7.00. The molecule has 2 saturated heterocycles. The van der Waals surface area contributed by atoms with Crippen LogP contribution >= 0.6 is 11.6 Å². The third-order valence-corrected chi connectivity index (χ3v) is 5.19. The number of benzene rings is 1. The molecule has 0 bridgehead atoms. The zero-order valence-electron chi connectivity index (χ0n) is 14.1. The lowest BCUT2D eigenvalue weighted by molar-refractivity contribution is -0.206. The predicted molar refractivity (Wildman–Crippen MR) is 86.2 cm³/mol. The minimum Gasteiger partial charge on any atom is -0.368 e. The number of nitrogens with one attached hydrogen (secondary N) is 1. The molecule has 4 atom stereocenters. The highest BCUT2D eigenvalue weighted by molar-refractivity contribution is 6.31. The summed E-state index contributed by atoms with van der Waals surface area (Å²) in [6, 6.07) is -1.33. The minimum absolute atomic E-state index is 0.275. The first-order valence-electron chi connectivity index (χ1n) is 8.18. The van der Waals surface area contributed by atoms with E-state index in [-0.39, 0.29) is 12.1 Å². The van der Waals surface area contributed by atoms with Gasteiger partial charge in [0.25, 0.3) is 0 Å². The lowest BCUT2D eigenvalue weighted by Gasteiger charge is -2.32. The van der Waals surface area contributed by atoms with Crippen molar-refractivity contribution in [3.63, 3.8) is 0 Å². The van der Waals surface area contributed by atoms with E-state index < -0.39 is 71.9 Å². The molecular weight excluding hydrogens is 413 g/mol. The lowest BCUT2D eigenvalue weighted by atomic mass is 9.89. The smallest absolute Gasteiger partial charge is 0.368 e. The number of hydrogen-bond donors (Lipinski definition) is 2. The van der Waals surface area contributed by atoms with Crippen LogP contribution in [0.5, 0.6) is 0 Å². The van der Waals surface area contributed by atoms with Crippen molar-refractivity contribution < 1.29 is 36.3 Å². The highest BCUT2D eigenvalue weighted by Gasteiger charge is 2.50. The SMILES string of the molecule is NC(=O)C1CN([C@@H](c2ccc(F)c(Cl)c2F)[C@@H]2CO[C@@H](C(F)(F)F)C2)C(=O)N1. The normalized spacial score (nSPS) is 26.4. The zero-order valence-corrected chi connectivity index (χ0v) is 14.9. The van der Waals surface area contributed by atoms with Gasteiger partial charge in [0.1, 0.15) is 22.7 Å². The number of hydrogen-bond acceptors (Lipinski definition) is 3. The molecule has 3 N–H and O–H groups in total. The maximum atomic E-state index is 14.6. The van der Waals surface area contributed by atoms with Crippen LogP contribution in [-0.4, -0.2) is 48.3 Å². The first-order chi connectivity index (χ1) is 13.0. The van der Waals surface area contributed by atoms with Gasteiger partial charge < -0.3 is 20.7 Å². The topological polar surface area (TPSA) is 84.7 Å². The van der Waals surface area contributed by atoms with Gasteiger partial charge in [-0.2, -0.15) is 13.2 Å². The van der Waals surface area contributed by atoms with Gasteiger partial charge in [0.05, 0.1) is 19.2 Å². The molecule has 0 aliphatic carbocycles. The van der Waals surface area contributed by atoms with E-state index in [0.29, 0.717) is 0 Å². The molecule has 2 fully saturated rings. The highest BCUT2D eigenvalue weighted by Crippen LogP contribution is 2.43. The van der Waals surface area contributed by atoms with Gasteiger partial charge in [-0.25, -0.2) is 13.6 Å². The highest BCUT2D eigenvalue weighted by atomic mass is 35.5. The number of nitrogens with two attached hydrogens (primary N) is 1. The van der Waals surface area contributed by atoms with Gasteiger partial charge in [-0.15, -0.1) is 0 Å². The van der Waals surface area contributed by atoms with Crippen molar-refractivity contribution in [3.05, 3.63) is 34.4 Å². The van der Waals surface area contributed by atoms with Crippen molar-refractivity contribution >= 4 is 23.5 Å². The van der Waals surface area contributed by atoms with Crippen LogP contribution in [0.4, 0.5) is 26.7 Å². The molecule has 0 aromatic heterocycles. The van der Waals surface area contributed by atoms with Crippen LogP contribution in [0.25, 0.3) is 0 Å². The molecule has 2 aliphatic rings. The van der Waals surface area contributed by atoms with Gasteiger partial charge in [0.15, 0.2) is 6.10 Å². The summed E-state index contributed by atoms with van der Waals surface area (Å²) in [7, 11) is 0. The van der Waals surface area contributed by atoms with Crippen LogP contribution in [0.2, 0.25) is 5.02 Å². The number of ether oxygens (including phenoxy) is 1. The Labute approximate surface area is 160 Å². The largest absolute Gasteiger partial charge is 0.414 e. The number of carbonyl (C=O) groups is 2. The van der Waals surface area contributed by atoms with Crippen LogP contribution in [0.15, 0.2) is 12.1 Å². The van der Waals surface area contributed by atoms with E-state index in [1.54, 1.807) is 0 Å². The Morgan fingerprint density at radius 1 is 1.36 bits per heavy atom. The maximum absolute atomic E-state index is 14.6. The zero-order chi connectivity index (χ0) is 20.8. The molecular formula is C16H15ClF5N3O3. The number of alkyl halides is 3. The van der Waals surface area contributed by atoms with E-state index in [0.717, 1.165) is 17.0 Å². The third-order valence-electron chi connectivity index (χ3n) is 4.84. The van der Waals surface area contributed by atoms with E-state index in [1.165, 1.54) is 0 Å². The Balaban J connectivity index is 2.00. The fourth-order valence-corrected chi connectivity index (χ4v) is 3.67. The summed E-state index contributed by atoms with van der Waals surface area (Å²) < 4.78 is 72.0. The Hall–Kier alpha value is -2.14. The molecule has 0 spiro atoms. The Bertz CT molecular complexity index is 806. The average molecular weight is 428 g/mol. The van der Waals surface area contributed by atoms with Crippen LogP contribution in [-0.2, 0) is 9.53 Å². The minimum atomic E-state index is -4.64. The van der Waals surface area contributed by atoms with Gasteiger partial charge in [-0.05, 0) is 12.5 Å². The summed E-state index contributed by atoms with van der Waals surface area (Å²) in [4.78, 5) is 24.7. The molecule has 154 valence electrons. The fourth-order valence-electron chi connectivity index (χ4n) is 3.50. The molecule has 3 rings (SSSR count). The summed E-state index contributed by atoms with van der Waals surface area (Å²) in [6.45, 7) is -0.714. The molecule has 28 heavy (non-hydrogen) atoms. The van der Waals surface area contributed by atoms with Crippen molar-refractivity contribution in [3.8, 4) is 0 Å². The summed E-state index contributed by atoms with van der Waals surface area (Å²) in [5, 5.41) is 1.44. The molecule has 2 aliphatic heterocycles. The van der Waals surface area contributed by atoms with Gasteiger partial charge in [0.2, 0.25) is 5.91 Å². The Morgan fingerprint density at radius 3 is 2.57 bits per heavy atom. The van der Waals surface area contributed by atoms with Crippen molar-refractivity contribution in [2.75, 3.05) is 13.2 Å². The first-order valence-corrected chi connectivity index (χ1v) is 8.56. The monoisotopic (exact) mass is 427 g/mol. The molecule has 1 aromatic carbocycles. The van der Waals surface area contributed by atoms with E-state index in [2.05, 4.69) is 5.32 Å². The second-order valence-electron chi connectivity index (χ2n) is 6.63. The number of nitrogens with zero attached hydrogens (tertiary/aromatic N) is 1. The molecule has 1 aromatic rings. The summed E-state index contributed by atoms with van der Waals surface area (Å²) >= 11 is 5.60. The molecule has 6 nitrogen and oxygen atoms in total. The number of primary amides is 1. The Morgan fingerprint density at radius 2 is 2.04 bits per heavy atom. The summed E-state index contributed by atoms with van der Waals surface area (Å²) in [5.41, 5.74) is 4.89. The standard InChI is InChI=1S/C16H15ClF5N3O3/c17-11-8(18)2-1-7(12(11)19)13(6-3-10(28-5-6)16(20,21)22)25-4-9(14(23)26)24-15(25)27/h1-2,6,9-10,13H,3-5H2,(H2,23,26)(H,24,27)/t6-,9?,10+,13+/m0/s1. The van der Waals surface area contributed by atoms with Gasteiger partial charge in [0, 0.05) is 11.5 Å². The maximum Gasteiger partial charge on any atom is 0.414 e. The van der Waals surface area contributed by atoms with Crippen LogP contribution in [0, 0.1) is 17.6 Å². The van der Waals surface area contributed by atoms with Gasteiger partial charge in [-0.3, -0.25) is 4.79 Å². The molecule has 2 heterocycles. The number of carbonyl (C=O) groups excluding carboxylic acids is 2. The van der Waals surface area contributed by atoms with E-state index in [4.69, 9.17) is 22.1 Å². The lowest BCUT2D eigenvalue weighted by Crippen LogP contribution is -2.39. The third kappa shape index (κ3) is 3.72. The Kier molecular flexibility index (Phi) is 5.41. The van der Waals surface area contributed by atoms with E-state index in [1.807, 2.05) is 0 Å². The summed E-state index contributed by atoms with van der Waals surface area (Å²) in [6.07, 6.45) is -7.27. The van der Waals surface area contributed by atoms with Crippen molar-refractivity contribution in [1.82, 2.24) is 10.2 Å². The van der Waals surface area contributed by atoms with Crippen molar-refractivity contribution in [1.29, 1.82) is 0 Å². The van der Waals surface area contributed by atoms with Crippen LogP contribution < -0.4 is 11.1 Å². The van der Waals surface area contributed by atoms with Gasteiger partial charge in [-0.1, -0.05) is 17.7 Å². The number of halogens is 6. The first kappa shape index (κ1) is 20.6. The molecule has 0 radical (unpaired) electrons. The number of rotatable bonds is 4. The fraction of sp³-hybridized carbons (Fsp3) is 0.500. The molecule has 1 unspecified atom stereocenters. The van der Waals surface area contributed by atoms with Gasteiger partial charge >= 0.3 is 12.2 Å². The molecule has 3 amide bonds. The van der Waals surface area contributed by atoms with Crippen LogP contribution in [0.1, 0.15) is 18.0 Å². The van der Waals surface area contributed by atoms with Crippen molar-refractivity contribution in [2.24, 2.45) is 11.7 Å². The number of amides is 3. The predicted octanol–water partition coefficient (Wildman–Crippen LogP) is 2.51. The molecule has 0 saturated carbocycles. The van der Waals surface area contributed by atoms with Crippen molar-refractivity contribution in [2.45, 2.75) is 30.8 Å². The number of urea groups is 1. The quantitative estimate of drug-likeness (QED) is 0.572. The van der Waals surface area contributed by atoms with Crippen LogP contribution in [0.3, 0.4) is 0 Å². The second kappa shape index (κ2) is 7.36. The summed E-state index contributed by atoms with van der Waals surface area (Å²) in [5.74, 6) is -4.08. The van der Waals surface area contributed by atoms with E-state index >= 15 is 0 Å². The van der Waals surface area contributed by atoms with E-state index in [9.17, 15) is 31.5 Å². The molecule has 12 heteroatoms.